The molecule has 1 aromatic carbocycles. The van der Waals surface area contributed by atoms with Gasteiger partial charge in [0.05, 0.1) is 0 Å². The van der Waals surface area contributed by atoms with Crippen LogP contribution >= 0.6 is 22.9 Å². The Morgan fingerprint density at radius 3 is 2.65 bits per heavy atom. The van der Waals surface area contributed by atoms with Gasteiger partial charge >= 0.3 is 0 Å². The predicted molar refractivity (Wildman–Crippen MR) is 84.8 cm³/mol. The molecular formula is C15H17ClN2OS. The first kappa shape index (κ1) is 15.0. The maximum absolute atomic E-state index is 11.2. The molecule has 1 amide bonds. The Bertz CT molecular complexity index is 578. The molecule has 2 aromatic rings. The zero-order valence-electron chi connectivity index (χ0n) is 11.5. The second kappa shape index (κ2) is 6.86. The van der Waals surface area contributed by atoms with Gasteiger partial charge in [-0.3, -0.25) is 4.79 Å². The van der Waals surface area contributed by atoms with Crippen molar-refractivity contribution in [3.8, 4) is 0 Å². The molecule has 3 nitrogen and oxygen atoms in total. The molecule has 0 aliphatic heterocycles. The number of halogens is 1. The van der Waals surface area contributed by atoms with Crippen LogP contribution < -0.4 is 5.32 Å². The number of anilines is 1. The highest BCUT2D eigenvalue weighted by molar-refractivity contribution is 7.15. The van der Waals surface area contributed by atoms with E-state index < -0.39 is 0 Å². The molecule has 0 aliphatic carbocycles. The summed E-state index contributed by atoms with van der Waals surface area (Å²) in [6.45, 7) is 4.37. The minimum absolute atomic E-state index is 0.0500. The number of carbonyl (C=O) groups excluding carboxylic acids is 1. The van der Waals surface area contributed by atoms with E-state index in [-0.39, 0.29) is 11.8 Å². The summed E-state index contributed by atoms with van der Waals surface area (Å²) in [7, 11) is 0. The summed E-state index contributed by atoms with van der Waals surface area (Å²) in [5.41, 5.74) is 2.58. The molecule has 0 radical (unpaired) electrons. The van der Waals surface area contributed by atoms with Gasteiger partial charge in [-0.05, 0) is 17.0 Å². The SMILES string of the molecule is CC(C)c1ccc(Cc2cnc(NC(=O)CCl)s2)cc1. The Hall–Kier alpha value is -1.39. The molecule has 1 aromatic heterocycles. The first-order chi connectivity index (χ1) is 9.58. The van der Waals surface area contributed by atoms with E-state index in [0.717, 1.165) is 11.3 Å². The van der Waals surface area contributed by atoms with E-state index in [4.69, 9.17) is 11.6 Å². The summed E-state index contributed by atoms with van der Waals surface area (Å²) < 4.78 is 0. The molecule has 5 heteroatoms. The number of nitrogens with zero attached hydrogens (tertiary/aromatic N) is 1. The van der Waals surface area contributed by atoms with Crippen LogP contribution in [0.25, 0.3) is 0 Å². The van der Waals surface area contributed by atoms with Crippen LogP contribution in [0.1, 0.15) is 35.8 Å². The van der Waals surface area contributed by atoms with Crippen molar-refractivity contribution in [3.05, 3.63) is 46.5 Å². The highest BCUT2D eigenvalue weighted by Gasteiger charge is 2.06. The average Bonchev–Trinajstić information content (AvgIpc) is 2.86. The quantitative estimate of drug-likeness (QED) is 0.847. The van der Waals surface area contributed by atoms with E-state index in [1.165, 1.54) is 22.5 Å². The molecule has 20 heavy (non-hydrogen) atoms. The Morgan fingerprint density at radius 1 is 1.35 bits per heavy atom. The standard InChI is InChI=1S/C15H17ClN2OS/c1-10(2)12-5-3-11(4-6-12)7-13-9-17-15(20-13)18-14(19)8-16/h3-6,9-10H,7-8H2,1-2H3,(H,17,18,19). The van der Waals surface area contributed by atoms with Crippen LogP contribution in [0.5, 0.6) is 0 Å². The summed E-state index contributed by atoms with van der Waals surface area (Å²) in [6, 6.07) is 8.62. The summed E-state index contributed by atoms with van der Waals surface area (Å²) in [4.78, 5) is 16.5. The number of rotatable bonds is 5. The Labute approximate surface area is 128 Å². The van der Waals surface area contributed by atoms with Crippen LogP contribution in [0.4, 0.5) is 5.13 Å². The topological polar surface area (TPSA) is 42.0 Å². The van der Waals surface area contributed by atoms with Crippen LogP contribution in [0.15, 0.2) is 30.5 Å². The average molecular weight is 309 g/mol. The van der Waals surface area contributed by atoms with Gasteiger partial charge in [-0.1, -0.05) is 38.1 Å². The third-order valence-electron chi connectivity index (χ3n) is 2.95. The number of amides is 1. The number of hydrogen-bond donors (Lipinski definition) is 1. The molecular weight excluding hydrogens is 292 g/mol. The van der Waals surface area contributed by atoms with Crippen LogP contribution in [0.3, 0.4) is 0 Å². The van der Waals surface area contributed by atoms with E-state index in [0.29, 0.717) is 11.0 Å². The van der Waals surface area contributed by atoms with Crippen LogP contribution in [0, 0.1) is 0 Å². The zero-order valence-corrected chi connectivity index (χ0v) is 13.1. The van der Waals surface area contributed by atoms with Gasteiger partial charge < -0.3 is 5.32 Å². The van der Waals surface area contributed by atoms with Gasteiger partial charge in [0.15, 0.2) is 5.13 Å². The van der Waals surface area contributed by atoms with Crippen molar-refractivity contribution < 1.29 is 4.79 Å². The van der Waals surface area contributed by atoms with Gasteiger partial charge in [0.25, 0.3) is 0 Å². The Balaban J connectivity index is 2.01. The lowest BCUT2D eigenvalue weighted by molar-refractivity contribution is -0.113. The molecule has 0 aliphatic rings. The number of alkyl halides is 1. The van der Waals surface area contributed by atoms with Gasteiger partial charge in [0.2, 0.25) is 5.91 Å². The van der Waals surface area contributed by atoms with Crippen molar-refractivity contribution in [2.45, 2.75) is 26.2 Å². The molecule has 0 unspecified atom stereocenters. The molecule has 0 saturated carbocycles. The second-order valence-corrected chi connectivity index (χ2v) is 6.27. The highest BCUT2D eigenvalue weighted by Crippen LogP contribution is 2.22. The molecule has 1 N–H and O–H groups in total. The Kier molecular flexibility index (Phi) is 5.15. The van der Waals surface area contributed by atoms with Crippen molar-refractivity contribution >= 4 is 34.0 Å². The predicted octanol–water partition coefficient (Wildman–Crippen LogP) is 4.03. The fraction of sp³-hybridized carbons (Fsp3) is 0.333. The van der Waals surface area contributed by atoms with E-state index in [2.05, 4.69) is 48.4 Å². The molecule has 0 spiro atoms. The normalized spacial score (nSPS) is 10.8. The van der Waals surface area contributed by atoms with Gasteiger partial charge in [-0.25, -0.2) is 4.98 Å². The lowest BCUT2D eigenvalue weighted by Crippen LogP contribution is -2.11. The fourth-order valence-electron chi connectivity index (χ4n) is 1.82. The second-order valence-electron chi connectivity index (χ2n) is 4.89. The monoisotopic (exact) mass is 308 g/mol. The maximum Gasteiger partial charge on any atom is 0.241 e. The summed E-state index contributed by atoms with van der Waals surface area (Å²) in [5, 5.41) is 3.26. The van der Waals surface area contributed by atoms with E-state index >= 15 is 0 Å². The number of benzene rings is 1. The molecule has 0 fully saturated rings. The largest absolute Gasteiger partial charge is 0.301 e. The first-order valence-electron chi connectivity index (χ1n) is 6.48. The smallest absolute Gasteiger partial charge is 0.241 e. The molecule has 0 bridgehead atoms. The minimum Gasteiger partial charge on any atom is -0.301 e. The molecule has 0 atom stereocenters. The number of aromatic nitrogens is 1. The van der Waals surface area contributed by atoms with Crippen molar-refractivity contribution in [2.24, 2.45) is 0 Å². The lowest BCUT2D eigenvalue weighted by atomic mass is 10.0. The number of carbonyl (C=O) groups is 1. The third-order valence-corrected chi connectivity index (χ3v) is 4.10. The van der Waals surface area contributed by atoms with Gasteiger partial charge in [-0.15, -0.1) is 22.9 Å². The summed E-state index contributed by atoms with van der Waals surface area (Å²) >= 11 is 6.92. The summed E-state index contributed by atoms with van der Waals surface area (Å²) in [5.74, 6) is 0.268. The highest BCUT2D eigenvalue weighted by atomic mass is 35.5. The van der Waals surface area contributed by atoms with Crippen molar-refractivity contribution in [3.63, 3.8) is 0 Å². The molecule has 106 valence electrons. The van der Waals surface area contributed by atoms with E-state index in [1.807, 2.05) is 0 Å². The van der Waals surface area contributed by atoms with Gasteiger partial charge in [0.1, 0.15) is 5.88 Å². The number of thiazole rings is 1. The third kappa shape index (κ3) is 4.05. The van der Waals surface area contributed by atoms with Crippen molar-refractivity contribution in [1.29, 1.82) is 0 Å². The lowest BCUT2D eigenvalue weighted by Gasteiger charge is -2.06. The molecule has 0 saturated heterocycles. The van der Waals surface area contributed by atoms with Crippen LogP contribution in [0.2, 0.25) is 0 Å². The van der Waals surface area contributed by atoms with Gasteiger partial charge in [-0.2, -0.15) is 0 Å². The molecule has 2 rings (SSSR count). The van der Waals surface area contributed by atoms with Crippen molar-refractivity contribution in [2.75, 3.05) is 11.2 Å². The summed E-state index contributed by atoms with van der Waals surface area (Å²) in [6.07, 6.45) is 2.62. The number of hydrogen-bond acceptors (Lipinski definition) is 3. The van der Waals surface area contributed by atoms with E-state index in [9.17, 15) is 4.79 Å². The van der Waals surface area contributed by atoms with Crippen LogP contribution in [-0.4, -0.2) is 16.8 Å². The zero-order chi connectivity index (χ0) is 14.5. The fourth-order valence-corrected chi connectivity index (χ4v) is 2.75. The van der Waals surface area contributed by atoms with Crippen LogP contribution in [-0.2, 0) is 11.2 Å². The molecule has 1 heterocycles. The van der Waals surface area contributed by atoms with E-state index in [1.54, 1.807) is 6.20 Å². The first-order valence-corrected chi connectivity index (χ1v) is 7.83. The van der Waals surface area contributed by atoms with Gasteiger partial charge in [0, 0.05) is 17.5 Å². The maximum atomic E-state index is 11.2. The number of nitrogens with one attached hydrogen (secondary N) is 1. The minimum atomic E-state index is -0.228. The van der Waals surface area contributed by atoms with Crippen molar-refractivity contribution in [1.82, 2.24) is 4.98 Å². The Morgan fingerprint density at radius 2 is 2.05 bits per heavy atom.